The van der Waals surface area contributed by atoms with Crippen molar-refractivity contribution < 1.29 is 9.18 Å². The number of fused-ring (bicyclic) bond motifs is 4. The van der Waals surface area contributed by atoms with Crippen LogP contribution in [0.15, 0.2) is 29.7 Å². The smallest absolute Gasteiger partial charge is 0.235 e. The monoisotopic (exact) mass is 488 g/mol. The molecule has 0 aliphatic heterocycles. The summed E-state index contributed by atoms with van der Waals surface area (Å²) in [6.07, 6.45) is 8.44. The van der Waals surface area contributed by atoms with Gasteiger partial charge in [-0.3, -0.25) is 4.98 Å². The van der Waals surface area contributed by atoms with E-state index < -0.39 is 11.5 Å². The SMILES string of the molecule is CC.CNc1cnc(C(C)(C)N=O)c(Cl)c1.O=CC1CC2(CCC2)c2c1cnc1cc(F)nn21. The van der Waals surface area contributed by atoms with Crippen molar-refractivity contribution in [2.75, 3.05) is 12.4 Å². The Hall–Kier alpha value is -2.94. The zero-order valence-electron chi connectivity index (χ0n) is 20.1. The van der Waals surface area contributed by atoms with E-state index in [2.05, 4.69) is 25.6 Å². The molecule has 3 aromatic rings. The maximum atomic E-state index is 13.3. The molecule has 1 N–H and O–H groups in total. The Balaban J connectivity index is 0.000000184. The van der Waals surface area contributed by atoms with Gasteiger partial charge in [0.1, 0.15) is 11.8 Å². The van der Waals surface area contributed by atoms with Crippen LogP contribution in [0.5, 0.6) is 0 Å². The molecule has 1 fully saturated rings. The Morgan fingerprint density at radius 3 is 2.50 bits per heavy atom. The average Bonchev–Trinajstić information content (AvgIpc) is 3.37. The lowest BCUT2D eigenvalue weighted by atomic mass is 9.66. The second kappa shape index (κ2) is 10.1. The highest BCUT2D eigenvalue weighted by Crippen LogP contribution is 2.55. The van der Waals surface area contributed by atoms with Gasteiger partial charge in [-0.25, -0.2) is 9.50 Å². The third kappa shape index (κ3) is 4.53. The van der Waals surface area contributed by atoms with Gasteiger partial charge in [-0.2, -0.15) is 4.39 Å². The molecule has 2 aliphatic rings. The first-order valence-electron chi connectivity index (χ1n) is 11.4. The molecule has 8 nitrogen and oxygen atoms in total. The summed E-state index contributed by atoms with van der Waals surface area (Å²) < 4.78 is 14.9. The minimum absolute atomic E-state index is 0.0283. The van der Waals surface area contributed by atoms with Gasteiger partial charge in [-0.1, -0.05) is 37.0 Å². The molecular formula is C24H30ClFN6O2. The summed E-state index contributed by atoms with van der Waals surface area (Å²) in [6.45, 7) is 7.35. The number of pyridine rings is 1. The van der Waals surface area contributed by atoms with Gasteiger partial charge in [-0.15, -0.1) is 10.0 Å². The number of carbonyl (C=O) groups excluding carboxylic acids is 1. The molecule has 1 unspecified atom stereocenters. The van der Waals surface area contributed by atoms with Crippen LogP contribution >= 0.6 is 11.6 Å². The van der Waals surface area contributed by atoms with Gasteiger partial charge in [0.15, 0.2) is 5.65 Å². The van der Waals surface area contributed by atoms with E-state index in [-0.39, 0.29) is 11.3 Å². The molecule has 1 atom stereocenters. The maximum absolute atomic E-state index is 13.3. The molecular weight excluding hydrogens is 459 g/mol. The molecule has 1 spiro atoms. The molecule has 2 aliphatic carbocycles. The lowest BCUT2D eigenvalue weighted by Crippen LogP contribution is -2.33. The van der Waals surface area contributed by atoms with E-state index in [9.17, 15) is 14.1 Å². The Morgan fingerprint density at radius 1 is 1.26 bits per heavy atom. The van der Waals surface area contributed by atoms with Crippen LogP contribution in [0.2, 0.25) is 5.02 Å². The van der Waals surface area contributed by atoms with Gasteiger partial charge in [0.2, 0.25) is 5.95 Å². The number of rotatable bonds is 4. The van der Waals surface area contributed by atoms with Gasteiger partial charge in [0.25, 0.3) is 0 Å². The average molecular weight is 489 g/mol. The zero-order chi connectivity index (χ0) is 25.1. The molecule has 0 radical (unpaired) electrons. The summed E-state index contributed by atoms with van der Waals surface area (Å²) in [7, 11) is 1.77. The van der Waals surface area contributed by atoms with Crippen molar-refractivity contribution in [1.29, 1.82) is 0 Å². The van der Waals surface area contributed by atoms with E-state index in [1.165, 1.54) is 12.5 Å². The Bertz CT molecular complexity index is 1190. The second-order valence-electron chi connectivity index (χ2n) is 8.83. The molecule has 34 heavy (non-hydrogen) atoms. The quantitative estimate of drug-likeness (QED) is 0.369. The topological polar surface area (TPSA) is 102 Å². The predicted octanol–water partition coefficient (Wildman–Crippen LogP) is 5.78. The highest BCUT2D eigenvalue weighted by molar-refractivity contribution is 6.31. The number of anilines is 1. The van der Waals surface area contributed by atoms with Crippen LogP contribution in [0.25, 0.3) is 5.65 Å². The van der Waals surface area contributed by atoms with E-state index >= 15 is 0 Å². The molecule has 5 rings (SSSR count). The number of hydrogen-bond donors (Lipinski definition) is 1. The van der Waals surface area contributed by atoms with Crippen LogP contribution in [0.4, 0.5) is 10.1 Å². The van der Waals surface area contributed by atoms with E-state index in [0.29, 0.717) is 16.4 Å². The number of aldehydes is 1. The molecule has 3 aromatic heterocycles. The Morgan fingerprint density at radius 2 is 1.97 bits per heavy atom. The Kier molecular flexibility index (Phi) is 7.65. The zero-order valence-corrected chi connectivity index (χ0v) is 20.9. The first-order chi connectivity index (χ1) is 16.2. The van der Waals surface area contributed by atoms with Crippen molar-refractivity contribution in [3.8, 4) is 0 Å². The van der Waals surface area contributed by atoms with Gasteiger partial charge in [0, 0.05) is 36.2 Å². The molecule has 0 saturated heterocycles. The molecule has 3 heterocycles. The summed E-state index contributed by atoms with van der Waals surface area (Å²) in [5.41, 5.74) is 2.92. The van der Waals surface area contributed by atoms with Crippen LogP contribution in [-0.4, -0.2) is 32.9 Å². The van der Waals surface area contributed by atoms with Gasteiger partial charge >= 0.3 is 0 Å². The first kappa shape index (κ1) is 25.7. The van der Waals surface area contributed by atoms with Crippen LogP contribution in [0.1, 0.15) is 76.2 Å². The summed E-state index contributed by atoms with van der Waals surface area (Å²) in [4.78, 5) is 30.1. The standard InChI is InChI=1S/C13H12FN3O.C9H12ClN3O.C2H6/c14-10-4-11-15-6-9-8(7-18)5-13(2-1-3-13)12(9)17(11)16-10;1-9(2,13-14)8-7(10)4-6(11-3)5-12-8;1-2/h4,6-8H,1-3,5H2;4-5,11H,1-3H3;1-2H3. The van der Waals surface area contributed by atoms with Gasteiger partial charge < -0.3 is 10.1 Å². The third-order valence-electron chi connectivity index (χ3n) is 6.41. The molecule has 0 bridgehead atoms. The third-order valence-corrected chi connectivity index (χ3v) is 6.69. The minimum Gasteiger partial charge on any atom is -0.387 e. The van der Waals surface area contributed by atoms with Gasteiger partial charge in [0.05, 0.1) is 28.3 Å². The van der Waals surface area contributed by atoms with E-state index in [4.69, 9.17) is 11.6 Å². The fourth-order valence-corrected chi connectivity index (χ4v) is 4.98. The largest absolute Gasteiger partial charge is 0.387 e. The van der Waals surface area contributed by atoms with E-state index in [1.54, 1.807) is 43.9 Å². The van der Waals surface area contributed by atoms with Crippen molar-refractivity contribution in [2.45, 2.75) is 70.3 Å². The maximum Gasteiger partial charge on any atom is 0.235 e. The first-order valence-corrected chi connectivity index (χ1v) is 11.8. The molecule has 0 amide bonds. The summed E-state index contributed by atoms with van der Waals surface area (Å²) >= 11 is 5.97. The molecule has 182 valence electrons. The van der Waals surface area contributed by atoms with Crippen LogP contribution in [-0.2, 0) is 15.7 Å². The number of hydrogen-bond acceptors (Lipinski definition) is 7. The van der Waals surface area contributed by atoms with E-state index in [0.717, 1.165) is 42.5 Å². The van der Waals surface area contributed by atoms with Crippen LogP contribution < -0.4 is 5.32 Å². The normalized spacial score (nSPS) is 17.6. The minimum atomic E-state index is -0.886. The summed E-state index contributed by atoms with van der Waals surface area (Å²) in [5, 5.41) is 10.2. The summed E-state index contributed by atoms with van der Waals surface area (Å²) in [5.74, 6) is -0.621. The van der Waals surface area contributed by atoms with Crippen molar-refractivity contribution in [3.63, 3.8) is 0 Å². The highest BCUT2D eigenvalue weighted by Gasteiger charge is 2.50. The van der Waals surface area contributed by atoms with Crippen molar-refractivity contribution >= 4 is 29.2 Å². The number of nitrogens with one attached hydrogen (secondary N) is 1. The highest BCUT2D eigenvalue weighted by atomic mass is 35.5. The molecule has 0 aromatic carbocycles. The number of nitroso groups, excluding NO2 is 1. The van der Waals surface area contributed by atoms with Crippen LogP contribution in [0.3, 0.4) is 0 Å². The number of aromatic nitrogens is 4. The number of halogens is 2. The second-order valence-corrected chi connectivity index (χ2v) is 9.24. The van der Waals surface area contributed by atoms with Crippen LogP contribution in [0, 0.1) is 10.9 Å². The van der Waals surface area contributed by atoms with Crippen molar-refractivity contribution in [2.24, 2.45) is 5.18 Å². The lowest BCUT2D eigenvalue weighted by Gasteiger charge is -2.39. The lowest BCUT2D eigenvalue weighted by molar-refractivity contribution is -0.109. The van der Waals surface area contributed by atoms with Gasteiger partial charge in [-0.05, 0) is 39.2 Å². The fraction of sp³-hybridized carbons (Fsp3) is 0.500. The summed E-state index contributed by atoms with van der Waals surface area (Å²) in [6, 6.07) is 3.05. The van der Waals surface area contributed by atoms with E-state index in [1.807, 2.05) is 13.8 Å². The Labute approximate surface area is 203 Å². The fourth-order valence-electron chi connectivity index (χ4n) is 4.58. The van der Waals surface area contributed by atoms with Crippen molar-refractivity contribution in [3.05, 3.63) is 57.4 Å². The number of carbonyl (C=O) groups is 1. The molecule has 10 heteroatoms. The van der Waals surface area contributed by atoms with Crippen molar-refractivity contribution in [1.82, 2.24) is 19.6 Å². The predicted molar refractivity (Wildman–Crippen MR) is 131 cm³/mol. The molecule has 1 saturated carbocycles. The number of nitrogens with zero attached hydrogens (tertiary/aromatic N) is 5.